The quantitative estimate of drug-likeness (QED) is 0.0428. The maximum Gasteiger partial charge on any atom is 0.416 e. The van der Waals surface area contributed by atoms with Crippen molar-refractivity contribution in [2.45, 2.75) is 111 Å². The maximum absolute atomic E-state index is 16.2. The first-order valence-corrected chi connectivity index (χ1v) is 30.8. The first-order valence-electron chi connectivity index (χ1n) is 58.2. The minimum Gasteiger partial charge on any atom is -0.383 e. The number of aromatic nitrogens is 2. The zero-order chi connectivity index (χ0) is 127. The minimum absolute atomic E-state index is 0.0832. The molecule has 106 heavy (non-hydrogen) atoms. The molecule has 12 rings (SSSR count). The van der Waals surface area contributed by atoms with Crippen molar-refractivity contribution in [1.29, 1.82) is 0 Å². The Hall–Kier alpha value is -9.04. The molecule has 0 radical (unpaired) electrons. The highest BCUT2D eigenvalue weighted by Crippen LogP contribution is 2.37. The van der Waals surface area contributed by atoms with Gasteiger partial charge in [-0.2, -0.15) is 26.3 Å². The van der Waals surface area contributed by atoms with E-state index in [0.717, 1.165) is 79.7 Å². The Morgan fingerprint density at radius 3 is 1.80 bits per heavy atom. The molecule has 4 heterocycles. The van der Waals surface area contributed by atoms with Crippen molar-refractivity contribution in [3.63, 3.8) is 0 Å². The van der Waals surface area contributed by atoms with E-state index in [-0.39, 0.29) is 27.5 Å². The number of carbonyl (C=O) groups excluding carboxylic acids is 2. The molecule has 2 saturated heterocycles. The molecular weight excluding hydrogens is 1420 g/mol. The van der Waals surface area contributed by atoms with Crippen LogP contribution in [0.5, 0.6) is 0 Å². The van der Waals surface area contributed by atoms with E-state index in [2.05, 4.69) is 9.47 Å². The van der Waals surface area contributed by atoms with E-state index >= 15 is 22.8 Å². The zero-order valence-electron chi connectivity index (χ0n) is 111. The van der Waals surface area contributed by atoms with E-state index in [1.54, 1.807) is 0 Å². The number of piperidine rings is 2. The molecule has 10 aromatic rings. The number of halogens is 10. The second-order valence-electron chi connectivity index (χ2n) is 20.7. The summed E-state index contributed by atoms with van der Waals surface area (Å²) >= 11 is -1.18. The van der Waals surface area contributed by atoms with Crippen LogP contribution in [0.25, 0.3) is 44.1 Å². The number of ether oxygens (including phenoxy) is 2. The molecular formula is C82H80F10N6O6S2. The number of amides is 2. The van der Waals surface area contributed by atoms with Crippen LogP contribution in [0.4, 0.5) is 43.9 Å². The van der Waals surface area contributed by atoms with Crippen molar-refractivity contribution in [3.8, 4) is 22.3 Å². The van der Waals surface area contributed by atoms with Gasteiger partial charge in [0.05, 0.1) is 98.0 Å². The number of para-hydroxylation sites is 1. The summed E-state index contributed by atoms with van der Waals surface area (Å²) in [5, 5.41) is -4.83. The van der Waals surface area contributed by atoms with Crippen LogP contribution < -0.4 is 10.9 Å². The van der Waals surface area contributed by atoms with Gasteiger partial charge in [0.25, 0.3) is 0 Å². The molecule has 2 aliphatic heterocycles. The first-order chi connectivity index (χ1) is 73.3. The third-order valence-corrected chi connectivity index (χ3v) is 15.6. The number of likely N-dealkylation sites (tertiary alicyclic amines) is 2. The van der Waals surface area contributed by atoms with E-state index in [1.807, 2.05) is 0 Å². The Kier molecular flexibility index (Phi) is 10.9. The number of rotatable bonds is 24. The van der Waals surface area contributed by atoms with Crippen molar-refractivity contribution in [3.05, 3.63) is 270 Å². The Bertz CT molecular complexity index is 7770. The summed E-state index contributed by atoms with van der Waals surface area (Å²) in [5.74, 6) is -14.0. The number of benzene rings is 8. The molecule has 2 amide bonds. The summed E-state index contributed by atoms with van der Waals surface area (Å²) < 4.78 is 660. The molecule has 2 fully saturated rings. The molecule has 8 aromatic carbocycles. The molecule has 0 bridgehead atoms. The number of nitrogens with zero attached hydrogens (tertiary/aromatic N) is 6. The fourth-order valence-corrected chi connectivity index (χ4v) is 10.5. The number of pyridine rings is 2. The molecule has 0 spiro atoms. The summed E-state index contributed by atoms with van der Waals surface area (Å²) in [7, 11) is -8.00. The molecule has 2 aromatic heterocycles. The summed E-state index contributed by atoms with van der Waals surface area (Å²) in [5.41, 5.74) is -25.5. The highest BCUT2D eigenvalue weighted by Gasteiger charge is 2.35. The van der Waals surface area contributed by atoms with Gasteiger partial charge in [-0.05, 0) is 133 Å². The average Bonchev–Trinajstić information content (AvgIpc) is 0.648. The highest BCUT2D eigenvalue weighted by atomic mass is 32.2. The number of carbonyl (C=O) groups is 2. The Morgan fingerprint density at radius 1 is 0.604 bits per heavy atom. The number of hydrogen-bond donors (Lipinski definition) is 0. The lowest BCUT2D eigenvalue weighted by atomic mass is 9.96. The topological polar surface area (TPSA) is 110 Å². The predicted octanol–water partition coefficient (Wildman–Crippen LogP) is 17.7. The van der Waals surface area contributed by atoms with Gasteiger partial charge in [-0.25, -0.2) is 17.6 Å². The van der Waals surface area contributed by atoms with Gasteiger partial charge in [-0.3, -0.25) is 19.2 Å². The molecule has 1 atom stereocenters. The molecule has 12 nitrogen and oxygen atoms in total. The van der Waals surface area contributed by atoms with Crippen molar-refractivity contribution < 1.29 is 142 Å². The van der Waals surface area contributed by atoms with Crippen LogP contribution in [0.15, 0.2) is 207 Å². The summed E-state index contributed by atoms with van der Waals surface area (Å²) in [6, 6.07) is -25.7. The fourth-order valence-electron chi connectivity index (χ4n) is 9.00. The van der Waals surface area contributed by atoms with Gasteiger partial charge < -0.3 is 38.2 Å². The van der Waals surface area contributed by atoms with Gasteiger partial charge in [0.15, 0.2) is 34.1 Å². The maximum atomic E-state index is 16.2. The molecule has 556 valence electrons. The van der Waals surface area contributed by atoms with Crippen molar-refractivity contribution >= 4 is 57.1 Å². The smallest absolute Gasteiger partial charge is 0.383 e. The Morgan fingerprint density at radius 2 is 1.17 bits per heavy atom. The number of methoxy groups -OCH3 is 2. The van der Waals surface area contributed by atoms with Crippen LogP contribution >= 0.6 is 23.5 Å². The molecule has 24 heteroatoms. The summed E-state index contributed by atoms with van der Waals surface area (Å²) in [4.78, 5) is 55.3. The Labute approximate surface area is 698 Å². The van der Waals surface area contributed by atoms with Gasteiger partial charge >= 0.3 is 12.4 Å². The lowest BCUT2D eigenvalue weighted by Crippen LogP contribution is -2.49. The van der Waals surface area contributed by atoms with Crippen LogP contribution in [0.3, 0.4) is 0 Å². The third kappa shape index (κ3) is 19.2. The lowest BCUT2D eigenvalue weighted by molar-refractivity contribution is -0.138. The van der Waals surface area contributed by atoms with Crippen LogP contribution in [0.2, 0.25) is 0 Å². The van der Waals surface area contributed by atoms with E-state index in [4.69, 9.17) is 56.2 Å². The fraction of sp³-hybridized carbons (Fsp3) is 0.317. The second-order valence-corrected chi connectivity index (χ2v) is 22.3. The van der Waals surface area contributed by atoms with Crippen molar-refractivity contribution in [1.82, 2.24) is 28.7 Å². The average molecular weight is 1560 g/mol. The minimum atomic E-state index is -5.69. The van der Waals surface area contributed by atoms with Crippen molar-refractivity contribution in [2.75, 3.05) is 66.2 Å². The zero-order valence-corrected chi connectivity index (χ0v) is 54.6. The van der Waals surface area contributed by atoms with E-state index in [1.165, 1.54) is 12.1 Å². The van der Waals surface area contributed by atoms with E-state index in [9.17, 15) is 63.6 Å². The first kappa shape index (κ1) is 32.8. The third-order valence-electron chi connectivity index (χ3n) is 13.9. The molecule has 2 aliphatic rings. The van der Waals surface area contributed by atoms with Gasteiger partial charge in [0, 0.05) is 150 Å². The van der Waals surface area contributed by atoms with Gasteiger partial charge in [-0.1, -0.05) is 121 Å². The van der Waals surface area contributed by atoms with Crippen LogP contribution in [0, 0.1) is 30.2 Å². The number of alkyl halides is 6. The van der Waals surface area contributed by atoms with Crippen LogP contribution in [-0.2, 0) is 62.3 Å². The largest absolute Gasteiger partial charge is 0.416 e. The van der Waals surface area contributed by atoms with Gasteiger partial charge in [0.2, 0.25) is 11.8 Å². The number of fused-ring (bicyclic) bond motifs is 2. The normalized spacial score (nSPS) is 28.6. The van der Waals surface area contributed by atoms with E-state index < -0.39 is 407 Å². The SMILES string of the molecule is [2H]C([2H])([2H])OC([2H])([2H])C([2H])([2H])N1C([2H])([2H])C([2H])([2H])C([2H])(N(C(=O)C([2H])([2H])n2c(SC([2H])([2H])c3cccc(F)c3F)cc(=O)c3ccccc32)C([2H])(C)c2ccc(-c3ccc(C(F)(F)F)cc3)cc2)C([2H])([2H])C1([2H])[2H].[2H]c1c([2H])c(F)c(F)c(C([2H])([2H])Sc2c([2H])c(=O)c3c([2H])c(C)c([2H])c([2H])c3n2C([2H])([2H])C(=O)N(C([2H])([2H])c2c([2H])c([2H])c(-c3c([2H])c([2H])c(C(F)(F)F)c([2H])c3[2H])c([2H])c2[2H])C2([2H])C([2H])([2H])C([2H])([2H])N(C([2H])([2H])C([2H])([2H])OC([2H])([2H])[2H])C([2H])([2H])C2([2H])[2H])c1[2H]. The van der Waals surface area contributed by atoms with Crippen LogP contribution in [-0.4, -0.2) is 119 Å². The summed E-state index contributed by atoms with van der Waals surface area (Å²) in [6.07, 6.45) is -30.9. The van der Waals surface area contributed by atoms with Gasteiger partial charge in [0.1, 0.15) is 13.0 Å². The molecule has 1 unspecified atom stereocenters. The monoisotopic (exact) mass is 1560 g/mol. The second kappa shape index (κ2) is 35.1. The molecule has 0 saturated carbocycles. The lowest BCUT2D eigenvalue weighted by Gasteiger charge is -2.42. The van der Waals surface area contributed by atoms with Crippen LogP contribution in [0.1, 0.15) is 157 Å². The predicted molar refractivity (Wildman–Crippen MR) is 395 cm³/mol. The molecule has 0 aliphatic carbocycles. The highest BCUT2D eigenvalue weighted by molar-refractivity contribution is 7.98. The van der Waals surface area contributed by atoms with E-state index in [0.29, 0.717) is 19.1 Å². The van der Waals surface area contributed by atoms with Crippen molar-refractivity contribution in [2.24, 2.45) is 0 Å². The van der Waals surface area contributed by atoms with Gasteiger partial charge in [-0.15, -0.1) is 23.5 Å². The number of hydrogen-bond acceptors (Lipinski definition) is 10. The molecule has 0 N–H and O–H groups in total. The number of thioether (sulfide) groups is 2. The summed E-state index contributed by atoms with van der Waals surface area (Å²) in [6.45, 7) is -51.9. The Balaban J connectivity index is 0.000000313. The standard InChI is InChI=1S/2C41H40F5N3O3S/c1-27(28-10-12-29(13-11-28)30-14-16-32(17-15-30)41(44,45)46)49(33-18-20-47(21-19-33)22-23-52-2)38(51)25-48-36-9-4-3-7-34(36)37(50)24-39(48)53-26-31-6-5-8-35(42)40(31)43;1-27-6-15-36-34(22-27)37(50)23-39(53-26-31-4-3-5-35(42)40(31)43)49(36)25-38(51)48(33-16-18-47(19-17-33)20-21-52-2)24-28-7-9-29(10-8-28)30-11-13-32(14-12-30)41(44,45)46/h3-17,24,27,33H,18-23,25-26H2,1-2H3;3-15,22-23,33H,16-21,24-26H2,1-2H3/i2D3,18D2,19D2,20D2,21D2,22D2,23D2,25D2,26D2,27D,33D;2D3,3D,4D,5D,6D,7D,8D,9D,10D,11D,12D,13D,14D,15D,16D2,17D2,18D2,19D2,20D2,21D2,22D,23D,24D2,25D2,26D2,33D.